The third-order valence-electron chi connectivity index (χ3n) is 4.35. The second kappa shape index (κ2) is 6.02. The van der Waals surface area contributed by atoms with Crippen molar-refractivity contribution in [3.8, 4) is 0 Å². The Kier molecular flexibility index (Phi) is 4.62. The zero-order valence-electron chi connectivity index (χ0n) is 11.9. The molecule has 1 aliphatic carbocycles. The van der Waals surface area contributed by atoms with Gasteiger partial charge < -0.3 is 9.64 Å². The number of rotatable bonds is 3. The highest BCUT2D eigenvalue weighted by molar-refractivity contribution is 5.78. The van der Waals surface area contributed by atoms with E-state index in [4.69, 9.17) is 4.74 Å². The summed E-state index contributed by atoms with van der Waals surface area (Å²) in [5, 5.41) is 0. The summed E-state index contributed by atoms with van der Waals surface area (Å²) in [6.45, 7) is 6.35. The number of hydrogen-bond acceptors (Lipinski definition) is 3. The van der Waals surface area contributed by atoms with Gasteiger partial charge in [-0.05, 0) is 26.7 Å². The van der Waals surface area contributed by atoms with Crippen LogP contribution >= 0.6 is 0 Å². The Hall–Kier alpha value is -0.610. The lowest BCUT2D eigenvalue weighted by molar-refractivity contribution is -0.139. The van der Waals surface area contributed by atoms with Crippen LogP contribution in [-0.2, 0) is 9.53 Å². The van der Waals surface area contributed by atoms with Gasteiger partial charge in [0.2, 0.25) is 5.91 Å². The van der Waals surface area contributed by atoms with E-state index in [-0.39, 0.29) is 11.9 Å². The standard InChI is InChI=1S/C14H26N2O2/c1-11(2)15(3)14(17)10-16-8-9-18-13-7-5-4-6-12(13)16/h11-13H,4-10H2,1-3H3/t12-,13+/m0/s1. The van der Waals surface area contributed by atoms with E-state index in [0.29, 0.717) is 18.7 Å². The topological polar surface area (TPSA) is 32.8 Å². The van der Waals surface area contributed by atoms with Crippen LogP contribution in [0.4, 0.5) is 0 Å². The van der Waals surface area contributed by atoms with E-state index < -0.39 is 0 Å². The first-order chi connectivity index (χ1) is 8.59. The molecule has 0 N–H and O–H groups in total. The Morgan fingerprint density at radius 2 is 2.11 bits per heavy atom. The summed E-state index contributed by atoms with van der Waals surface area (Å²) in [6, 6.07) is 0.748. The molecular formula is C14H26N2O2. The highest BCUT2D eigenvalue weighted by Gasteiger charge is 2.35. The molecule has 1 heterocycles. The van der Waals surface area contributed by atoms with Gasteiger partial charge in [0.25, 0.3) is 0 Å². The summed E-state index contributed by atoms with van der Waals surface area (Å²) in [6.07, 6.45) is 5.26. The van der Waals surface area contributed by atoms with Crippen LogP contribution in [0.25, 0.3) is 0 Å². The largest absolute Gasteiger partial charge is 0.375 e. The molecule has 0 bridgehead atoms. The smallest absolute Gasteiger partial charge is 0.236 e. The van der Waals surface area contributed by atoms with Gasteiger partial charge >= 0.3 is 0 Å². The fraction of sp³-hybridized carbons (Fsp3) is 0.929. The van der Waals surface area contributed by atoms with E-state index in [1.165, 1.54) is 19.3 Å². The molecule has 0 aromatic carbocycles. The zero-order chi connectivity index (χ0) is 13.1. The summed E-state index contributed by atoms with van der Waals surface area (Å²) in [5.41, 5.74) is 0. The van der Waals surface area contributed by atoms with Gasteiger partial charge in [0, 0.05) is 25.7 Å². The maximum absolute atomic E-state index is 12.2. The Labute approximate surface area is 110 Å². The molecule has 2 atom stereocenters. The molecule has 2 aliphatic rings. The lowest BCUT2D eigenvalue weighted by Gasteiger charge is -2.44. The lowest BCUT2D eigenvalue weighted by Crippen LogP contribution is -2.55. The quantitative estimate of drug-likeness (QED) is 0.765. The van der Waals surface area contributed by atoms with Crippen molar-refractivity contribution in [2.75, 3.05) is 26.7 Å². The minimum Gasteiger partial charge on any atom is -0.375 e. The average Bonchev–Trinajstić information content (AvgIpc) is 2.38. The van der Waals surface area contributed by atoms with Crippen molar-refractivity contribution in [3.05, 3.63) is 0 Å². The van der Waals surface area contributed by atoms with E-state index >= 15 is 0 Å². The summed E-state index contributed by atoms with van der Waals surface area (Å²) in [5.74, 6) is 0.233. The molecule has 4 heteroatoms. The van der Waals surface area contributed by atoms with Gasteiger partial charge in [-0.25, -0.2) is 0 Å². The maximum Gasteiger partial charge on any atom is 0.236 e. The zero-order valence-corrected chi connectivity index (χ0v) is 11.9. The van der Waals surface area contributed by atoms with Crippen LogP contribution in [0.15, 0.2) is 0 Å². The number of carbonyl (C=O) groups excluding carboxylic acids is 1. The summed E-state index contributed by atoms with van der Waals surface area (Å²) < 4.78 is 5.84. The van der Waals surface area contributed by atoms with E-state index in [0.717, 1.165) is 19.6 Å². The predicted octanol–water partition coefficient (Wildman–Crippen LogP) is 1.50. The fourth-order valence-corrected chi connectivity index (χ4v) is 2.95. The Bertz CT molecular complexity index is 292. The molecule has 2 fully saturated rings. The number of fused-ring (bicyclic) bond motifs is 1. The molecule has 0 unspecified atom stereocenters. The van der Waals surface area contributed by atoms with Crippen molar-refractivity contribution in [1.29, 1.82) is 0 Å². The molecule has 104 valence electrons. The van der Waals surface area contributed by atoms with Crippen LogP contribution in [0.1, 0.15) is 39.5 Å². The van der Waals surface area contributed by atoms with Crippen molar-refractivity contribution < 1.29 is 9.53 Å². The van der Waals surface area contributed by atoms with E-state index in [2.05, 4.69) is 18.7 Å². The fourth-order valence-electron chi connectivity index (χ4n) is 2.95. The van der Waals surface area contributed by atoms with Crippen molar-refractivity contribution >= 4 is 5.91 Å². The van der Waals surface area contributed by atoms with Crippen molar-refractivity contribution in [3.63, 3.8) is 0 Å². The van der Waals surface area contributed by atoms with Gasteiger partial charge in [-0.3, -0.25) is 9.69 Å². The SMILES string of the molecule is CC(C)N(C)C(=O)CN1CCO[C@@H]2CCCC[C@@H]21. The molecule has 1 amide bonds. The van der Waals surface area contributed by atoms with Crippen LogP contribution in [0.3, 0.4) is 0 Å². The van der Waals surface area contributed by atoms with Crippen molar-refractivity contribution in [2.24, 2.45) is 0 Å². The number of carbonyl (C=O) groups is 1. The molecule has 0 aromatic rings. The van der Waals surface area contributed by atoms with Gasteiger partial charge in [0.05, 0.1) is 19.3 Å². The minimum atomic E-state index is 0.233. The number of amides is 1. The monoisotopic (exact) mass is 254 g/mol. The molecule has 0 spiro atoms. The van der Waals surface area contributed by atoms with Crippen LogP contribution in [-0.4, -0.2) is 60.6 Å². The lowest BCUT2D eigenvalue weighted by atomic mass is 9.90. The average molecular weight is 254 g/mol. The minimum absolute atomic E-state index is 0.233. The van der Waals surface area contributed by atoms with Crippen LogP contribution < -0.4 is 0 Å². The molecule has 2 rings (SSSR count). The number of hydrogen-bond donors (Lipinski definition) is 0. The third kappa shape index (κ3) is 3.04. The molecule has 1 aliphatic heterocycles. The van der Waals surface area contributed by atoms with E-state index in [9.17, 15) is 4.79 Å². The maximum atomic E-state index is 12.2. The molecule has 0 aromatic heterocycles. The van der Waals surface area contributed by atoms with Gasteiger partial charge in [-0.15, -0.1) is 0 Å². The first-order valence-corrected chi connectivity index (χ1v) is 7.21. The molecule has 1 saturated carbocycles. The van der Waals surface area contributed by atoms with Gasteiger partial charge in [-0.1, -0.05) is 12.8 Å². The Morgan fingerprint density at radius 1 is 1.39 bits per heavy atom. The Balaban J connectivity index is 1.93. The normalized spacial score (nSPS) is 29.1. The number of nitrogens with zero attached hydrogens (tertiary/aromatic N) is 2. The summed E-state index contributed by atoms with van der Waals surface area (Å²) in [4.78, 5) is 16.4. The Morgan fingerprint density at radius 3 is 2.83 bits per heavy atom. The highest BCUT2D eigenvalue weighted by Crippen LogP contribution is 2.28. The van der Waals surface area contributed by atoms with Crippen LogP contribution in [0.2, 0.25) is 0 Å². The van der Waals surface area contributed by atoms with Crippen molar-refractivity contribution in [1.82, 2.24) is 9.80 Å². The highest BCUT2D eigenvalue weighted by atomic mass is 16.5. The van der Waals surface area contributed by atoms with Gasteiger partial charge in [0.1, 0.15) is 0 Å². The van der Waals surface area contributed by atoms with Gasteiger partial charge in [0.15, 0.2) is 0 Å². The van der Waals surface area contributed by atoms with Crippen LogP contribution in [0, 0.1) is 0 Å². The number of morpholine rings is 1. The molecule has 0 radical (unpaired) electrons. The molecule has 18 heavy (non-hydrogen) atoms. The van der Waals surface area contributed by atoms with Gasteiger partial charge in [-0.2, -0.15) is 0 Å². The predicted molar refractivity (Wildman–Crippen MR) is 71.5 cm³/mol. The summed E-state index contributed by atoms with van der Waals surface area (Å²) >= 11 is 0. The first kappa shape index (κ1) is 13.8. The number of likely N-dealkylation sites (N-methyl/N-ethyl adjacent to an activating group) is 1. The van der Waals surface area contributed by atoms with E-state index in [1.807, 2.05) is 11.9 Å². The van der Waals surface area contributed by atoms with Crippen LogP contribution in [0.5, 0.6) is 0 Å². The number of ether oxygens (including phenoxy) is 1. The molecular weight excluding hydrogens is 228 g/mol. The molecule has 1 saturated heterocycles. The van der Waals surface area contributed by atoms with Crippen molar-refractivity contribution in [2.45, 2.75) is 57.7 Å². The second-order valence-corrected chi connectivity index (χ2v) is 5.83. The summed E-state index contributed by atoms with van der Waals surface area (Å²) in [7, 11) is 1.89. The first-order valence-electron chi connectivity index (χ1n) is 7.21. The molecule has 4 nitrogen and oxygen atoms in total. The van der Waals surface area contributed by atoms with E-state index in [1.54, 1.807) is 0 Å². The third-order valence-corrected chi connectivity index (χ3v) is 4.35. The second-order valence-electron chi connectivity index (χ2n) is 5.83.